The zero-order valence-corrected chi connectivity index (χ0v) is 17.1. The average Bonchev–Trinajstić information content (AvgIpc) is 2.50. The van der Waals surface area contributed by atoms with Crippen LogP contribution in [0.4, 0.5) is 13.2 Å². The number of amides is 1. The Morgan fingerprint density at radius 2 is 1.81 bits per heavy atom. The van der Waals surface area contributed by atoms with Crippen molar-refractivity contribution in [1.29, 1.82) is 0 Å². The van der Waals surface area contributed by atoms with E-state index in [4.69, 9.17) is 0 Å². The lowest BCUT2D eigenvalue weighted by Gasteiger charge is -2.24. The predicted molar refractivity (Wildman–Crippen MR) is 99.3 cm³/mol. The Labute approximate surface area is 159 Å². The third kappa shape index (κ3) is 7.94. The molecule has 0 aromatic heterocycles. The number of carbonyl (C=O) groups excluding carboxylic acids is 1. The summed E-state index contributed by atoms with van der Waals surface area (Å²) in [5.41, 5.74) is 0.802. The van der Waals surface area contributed by atoms with Crippen LogP contribution in [0.25, 0.3) is 0 Å². The Morgan fingerprint density at radius 3 is 2.26 bits per heavy atom. The molecule has 1 rings (SSSR count). The molecule has 27 heavy (non-hydrogen) atoms. The van der Waals surface area contributed by atoms with Gasteiger partial charge in [0.1, 0.15) is 0 Å². The summed E-state index contributed by atoms with van der Waals surface area (Å²) in [6, 6.07) is -0.955. The molecule has 0 fully saturated rings. The fraction of sp³-hybridized carbons (Fsp3) is 0.722. The molecule has 0 radical (unpaired) electrons. The Bertz CT molecular complexity index is 690. The third-order valence-electron chi connectivity index (χ3n) is 4.23. The summed E-state index contributed by atoms with van der Waals surface area (Å²) >= 11 is 0. The number of carbonyl (C=O) groups is 1. The standard InChI is InChI=1S/C18H29F3N2O3S/c1-5-6-7-15(12-18(19,20)21)22-16(24)13-8-10-14(11-9-13)23-27(25,26)17(2,3)4/h8,10,15,23H,5-7,9,11-12H2,1-4H3,(H,22,24). The quantitative estimate of drug-likeness (QED) is 0.637. The van der Waals surface area contributed by atoms with Crippen LogP contribution in [0.2, 0.25) is 0 Å². The van der Waals surface area contributed by atoms with Gasteiger partial charge in [0.2, 0.25) is 15.9 Å². The van der Waals surface area contributed by atoms with E-state index < -0.39 is 39.3 Å². The van der Waals surface area contributed by atoms with Gasteiger partial charge in [-0.25, -0.2) is 8.42 Å². The summed E-state index contributed by atoms with van der Waals surface area (Å²) in [6.07, 6.45) is -0.281. The minimum Gasteiger partial charge on any atom is -0.349 e. The Balaban J connectivity index is 2.78. The Hall–Kier alpha value is -1.51. The van der Waals surface area contributed by atoms with Crippen molar-refractivity contribution in [3.05, 3.63) is 23.4 Å². The van der Waals surface area contributed by atoms with E-state index in [0.717, 1.165) is 6.42 Å². The van der Waals surface area contributed by atoms with Crippen molar-refractivity contribution in [2.45, 2.75) is 83.2 Å². The summed E-state index contributed by atoms with van der Waals surface area (Å²) in [4.78, 5) is 12.3. The molecule has 0 aromatic carbocycles. The molecule has 0 heterocycles. The molecule has 0 bridgehead atoms. The van der Waals surface area contributed by atoms with Gasteiger partial charge in [-0.15, -0.1) is 0 Å². The first-order chi connectivity index (χ1) is 12.2. The number of unbranched alkanes of at least 4 members (excludes halogenated alkanes) is 1. The maximum Gasteiger partial charge on any atom is 0.391 e. The maximum absolute atomic E-state index is 12.7. The minimum atomic E-state index is -4.34. The summed E-state index contributed by atoms with van der Waals surface area (Å²) in [5.74, 6) is -0.533. The number of hydrogen-bond acceptors (Lipinski definition) is 3. The molecule has 1 aliphatic rings. The van der Waals surface area contributed by atoms with Crippen molar-refractivity contribution in [3.8, 4) is 0 Å². The molecule has 1 amide bonds. The number of halogens is 3. The smallest absolute Gasteiger partial charge is 0.349 e. The highest BCUT2D eigenvalue weighted by molar-refractivity contribution is 7.90. The molecule has 9 heteroatoms. The van der Waals surface area contributed by atoms with Gasteiger partial charge >= 0.3 is 6.18 Å². The van der Waals surface area contributed by atoms with Gasteiger partial charge in [-0.3, -0.25) is 9.52 Å². The van der Waals surface area contributed by atoms with E-state index >= 15 is 0 Å². The van der Waals surface area contributed by atoms with Gasteiger partial charge in [-0.1, -0.05) is 25.8 Å². The third-order valence-corrected chi connectivity index (χ3v) is 6.38. The van der Waals surface area contributed by atoms with E-state index in [1.54, 1.807) is 20.8 Å². The molecule has 0 aliphatic heterocycles. The average molecular weight is 411 g/mol. The monoisotopic (exact) mass is 410 g/mol. The zero-order valence-electron chi connectivity index (χ0n) is 16.2. The summed E-state index contributed by atoms with van der Waals surface area (Å²) in [5, 5.41) is 2.47. The fourth-order valence-electron chi connectivity index (χ4n) is 2.47. The largest absolute Gasteiger partial charge is 0.391 e. The highest BCUT2D eigenvalue weighted by atomic mass is 32.2. The fourth-order valence-corrected chi connectivity index (χ4v) is 3.29. The maximum atomic E-state index is 12.7. The first-order valence-electron chi connectivity index (χ1n) is 9.05. The summed E-state index contributed by atoms with van der Waals surface area (Å²) < 4.78 is 63.9. The van der Waals surface area contributed by atoms with Crippen LogP contribution in [0.5, 0.6) is 0 Å². The summed E-state index contributed by atoms with van der Waals surface area (Å²) in [7, 11) is -3.56. The first-order valence-corrected chi connectivity index (χ1v) is 10.5. The van der Waals surface area contributed by atoms with Crippen molar-refractivity contribution in [1.82, 2.24) is 10.0 Å². The van der Waals surface area contributed by atoms with Crippen LogP contribution in [0, 0.1) is 0 Å². The lowest BCUT2D eigenvalue weighted by molar-refractivity contribution is -0.142. The molecular formula is C18H29F3N2O3S. The van der Waals surface area contributed by atoms with E-state index in [0.29, 0.717) is 24.1 Å². The normalized spacial score (nSPS) is 17.0. The van der Waals surface area contributed by atoms with Gasteiger partial charge in [0.15, 0.2) is 0 Å². The SMILES string of the molecule is CCCCC(CC(F)(F)F)NC(=O)C1=CC=C(NS(=O)(=O)C(C)(C)C)CC1. The number of allylic oxidation sites excluding steroid dienone is 3. The van der Waals surface area contributed by atoms with Crippen molar-refractivity contribution in [2.24, 2.45) is 0 Å². The lowest BCUT2D eigenvalue weighted by Crippen LogP contribution is -2.40. The number of nitrogens with one attached hydrogen (secondary N) is 2. The van der Waals surface area contributed by atoms with Crippen LogP contribution in [-0.2, 0) is 14.8 Å². The van der Waals surface area contributed by atoms with Gasteiger partial charge in [0.05, 0.1) is 11.2 Å². The molecule has 0 saturated carbocycles. The summed E-state index contributed by atoms with van der Waals surface area (Å²) in [6.45, 7) is 6.60. The van der Waals surface area contributed by atoms with Crippen LogP contribution < -0.4 is 10.0 Å². The molecule has 1 atom stereocenters. The Kier molecular flexibility index (Phi) is 7.95. The topological polar surface area (TPSA) is 75.3 Å². The Morgan fingerprint density at radius 1 is 1.19 bits per heavy atom. The molecule has 1 unspecified atom stereocenters. The predicted octanol–water partition coefficient (Wildman–Crippen LogP) is 3.94. The number of sulfonamides is 1. The molecule has 156 valence electrons. The molecule has 5 nitrogen and oxygen atoms in total. The van der Waals surface area contributed by atoms with Crippen LogP contribution in [0.15, 0.2) is 23.4 Å². The van der Waals surface area contributed by atoms with Gasteiger partial charge in [-0.05, 0) is 46.1 Å². The van der Waals surface area contributed by atoms with Gasteiger partial charge in [0, 0.05) is 17.3 Å². The van der Waals surface area contributed by atoms with Crippen molar-refractivity contribution >= 4 is 15.9 Å². The van der Waals surface area contributed by atoms with E-state index in [1.165, 1.54) is 12.2 Å². The molecule has 0 spiro atoms. The molecular weight excluding hydrogens is 381 g/mol. The van der Waals surface area contributed by atoms with E-state index in [2.05, 4.69) is 10.0 Å². The van der Waals surface area contributed by atoms with Crippen LogP contribution >= 0.6 is 0 Å². The second-order valence-corrected chi connectivity index (χ2v) is 10.2. The lowest BCUT2D eigenvalue weighted by atomic mass is 10.0. The van der Waals surface area contributed by atoms with Gasteiger partial charge in [0.25, 0.3) is 0 Å². The van der Waals surface area contributed by atoms with Gasteiger partial charge < -0.3 is 5.32 Å². The van der Waals surface area contributed by atoms with Crippen LogP contribution in [0.1, 0.15) is 66.2 Å². The number of alkyl halides is 3. The second-order valence-electron chi connectivity index (χ2n) is 7.73. The van der Waals surface area contributed by atoms with Crippen LogP contribution in [0.3, 0.4) is 0 Å². The van der Waals surface area contributed by atoms with E-state index in [9.17, 15) is 26.4 Å². The first kappa shape index (κ1) is 23.5. The number of rotatable bonds is 8. The van der Waals surface area contributed by atoms with Crippen LogP contribution in [-0.4, -0.2) is 31.3 Å². The van der Waals surface area contributed by atoms with Crippen molar-refractivity contribution in [2.75, 3.05) is 0 Å². The second kappa shape index (κ2) is 9.12. The molecule has 0 aromatic rings. The van der Waals surface area contributed by atoms with Crippen molar-refractivity contribution in [3.63, 3.8) is 0 Å². The van der Waals surface area contributed by atoms with E-state index in [-0.39, 0.29) is 12.8 Å². The highest BCUT2D eigenvalue weighted by Crippen LogP contribution is 2.25. The van der Waals surface area contributed by atoms with Crippen molar-refractivity contribution < 1.29 is 26.4 Å². The minimum absolute atomic E-state index is 0.261. The highest BCUT2D eigenvalue weighted by Gasteiger charge is 2.33. The van der Waals surface area contributed by atoms with Gasteiger partial charge in [-0.2, -0.15) is 13.2 Å². The number of hydrogen-bond donors (Lipinski definition) is 2. The molecule has 2 N–H and O–H groups in total. The molecule has 1 aliphatic carbocycles. The van der Waals surface area contributed by atoms with E-state index in [1.807, 2.05) is 6.92 Å². The molecule has 0 saturated heterocycles. The zero-order chi connectivity index (χ0) is 20.9.